The van der Waals surface area contributed by atoms with E-state index in [4.69, 9.17) is 0 Å². The third kappa shape index (κ3) is 3.15. The van der Waals surface area contributed by atoms with E-state index in [1.165, 1.54) is 0 Å². The molecule has 3 heteroatoms. The van der Waals surface area contributed by atoms with Crippen LogP contribution in [0.15, 0.2) is 95.2 Å². The third-order valence-corrected chi connectivity index (χ3v) is 3.21. The normalized spacial score (nSPS) is 10.7. The van der Waals surface area contributed by atoms with Crippen LogP contribution in [-0.2, 0) is 0 Å². The zero-order valence-corrected chi connectivity index (χ0v) is 11.9. The van der Waals surface area contributed by atoms with Gasteiger partial charge in [0.1, 0.15) is 0 Å². The van der Waals surface area contributed by atoms with E-state index in [-0.39, 0.29) is 5.78 Å². The molecule has 0 fully saturated rings. The van der Waals surface area contributed by atoms with Crippen LogP contribution in [0.1, 0.15) is 15.9 Å². The second-order valence-electron chi connectivity index (χ2n) is 4.75. The predicted molar refractivity (Wildman–Crippen MR) is 86.9 cm³/mol. The molecule has 0 heterocycles. The second kappa shape index (κ2) is 6.59. The number of rotatable bonds is 4. The van der Waals surface area contributed by atoms with Gasteiger partial charge in [0.05, 0.1) is 16.9 Å². The van der Waals surface area contributed by atoms with E-state index >= 15 is 0 Å². The Labute approximate surface area is 129 Å². The van der Waals surface area contributed by atoms with Crippen LogP contribution in [0.3, 0.4) is 0 Å². The monoisotopic (exact) mass is 286 g/mol. The van der Waals surface area contributed by atoms with Crippen LogP contribution >= 0.6 is 0 Å². The average molecular weight is 286 g/mol. The van der Waals surface area contributed by atoms with Crippen LogP contribution in [-0.4, -0.2) is 5.78 Å². The van der Waals surface area contributed by atoms with E-state index in [0.717, 1.165) is 5.69 Å². The van der Waals surface area contributed by atoms with Crippen LogP contribution in [0.5, 0.6) is 0 Å². The van der Waals surface area contributed by atoms with Crippen molar-refractivity contribution in [2.75, 3.05) is 0 Å². The predicted octanol–water partition coefficient (Wildman–Crippen LogP) is 5.33. The minimum atomic E-state index is -0.0526. The third-order valence-electron chi connectivity index (χ3n) is 3.21. The van der Waals surface area contributed by atoms with Crippen molar-refractivity contribution >= 4 is 17.2 Å². The number of ketones is 1. The van der Waals surface area contributed by atoms with Crippen molar-refractivity contribution < 1.29 is 4.79 Å². The van der Waals surface area contributed by atoms with Crippen molar-refractivity contribution in [2.45, 2.75) is 0 Å². The lowest BCUT2D eigenvalue weighted by molar-refractivity contribution is 0.103. The second-order valence-corrected chi connectivity index (χ2v) is 4.75. The molecule has 0 aliphatic heterocycles. The van der Waals surface area contributed by atoms with Crippen molar-refractivity contribution in [1.29, 1.82) is 0 Å². The number of carbonyl (C=O) groups is 1. The Hall–Kier alpha value is -3.07. The molecule has 0 unspecified atom stereocenters. The maximum atomic E-state index is 12.6. The van der Waals surface area contributed by atoms with Crippen molar-refractivity contribution in [2.24, 2.45) is 10.2 Å². The number of benzene rings is 3. The first kappa shape index (κ1) is 13.9. The van der Waals surface area contributed by atoms with Gasteiger partial charge in [-0.2, -0.15) is 5.11 Å². The van der Waals surface area contributed by atoms with Gasteiger partial charge in [-0.1, -0.05) is 60.7 Å². The summed E-state index contributed by atoms with van der Waals surface area (Å²) in [4.78, 5) is 12.6. The molecule has 0 saturated carbocycles. The zero-order chi connectivity index (χ0) is 15.2. The smallest absolute Gasteiger partial charge is 0.195 e. The van der Waals surface area contributed by atoms with Crippen LogP contribution in [0.2, 0.25) is 0 Å². The highest BCUT2D eigenvalue weighted by Gasteiger charge is 2.12. The molecule has 0 saturated heterocycles. The molecular formula is C19H14N2O. The lowest BCUT2D eigenvalue weighted by Crippen LogP contribution is -2.00. The number of nitrogens with zero attached hydrogens (tertiary/aromatic N) is 2. The van der Waals surface area contributed by atoms with Gasteiger partial charge < -0.3 is 0 Å². The summed E-state index contributed by atoms with van der Waals surface area (Å²) in [6, 6.07) is 25.9. The van der Waals surface area contributed by atoms with Gasteiger partial charge in [-0.25, -0.2) is 0 Å². The minimum absolute atomic E-state index is 0.0526. The summed E-state index contributed by atoms with van der Waals surface area (Å²) >= 11 is 0. The summed E-state index contributed by atoms with van der Waals surface area (Å²) in [7, 11) is 0. The zero-order valence-electron chi connectivity index (χ0n) is 11.9. The molecule has 0 aliphatic rings. The first-order chi connectivity index (χ1) is 10.8. The molecule has 3 aromatic carbocycles. The van der Waals surface area contributed by atoms with Crippen LogP contribution < -0.4 is 0 Å². The molecule has 22 heavy (non-hydrogen) atoms. The maximum absolute atomic E-state index is 12.6. The van der Waals surface area contributed by atoms with E-state index in [1.807, 2.05) is 60.7 Å². The first-order valence-corrected chi connectivity index (χ1v) is 7.00. The molecule has 0 amide bonds. The summed E-state index contributed by atoms with van der Waals surface area (Å²) in [6.07, 6.45) is 0. The summed E-state index contributed by atoms with van der Waals surface area (Å²) in [5.74, 6) is -0.0526. The first-order valence-electron chi connectivity index (χ1n) is 7.00. The van der Waals surface area contributed by atoms with E-state index in [1.54, 1.807) is 24.3 Å². The highest BCUT2D eigenvalue weighted by molar-refractivity contribution is 6.11. The van der Waals surface area contributed by atoms with Crippen molar-refractivity contribution in [3.05, 3.63) is 96.1 Å². The van der Waals surface area contributed by atoms with Gasteiger partial charge in [0.2, 0.25) is 0 Å². The maximum Gasteiger partial charge on any atom is 0.195 e. The SMILES string of the molecule is O=C(c1ccccc1)c1ccccc1N=Nc1ccccc1. The number of carbonyl (C=O) groups excluding carboxylic acids is 1. The average Bonchev–Trinajstić information content (AvgIpc) is 2.61. The van der Waals surface area contributed by atoms with Crippen molar-refractivity contribution in [3.63, 3.8) is 0 Å². The van der Waals surface area contributed by atoms with Crippen LogP contribution in [0.25, 0.3) is 0 Å². The molecule has 3 aromatic rings. The van der Waals surface area contributed by atoms with E-state index in [9.17, 15) is 4.79 Å². The summed E-state index contributed by atoms with van der Waals surface area (Å²) in [6.45, 7) is 0. The molecule has 0 aromatic heterocycles. The fourth-order valence-electron chi connectivity index (χ4n) is 2.10. The van der Waals surface area contributed by atoms with Gasteiger partial charge in [0.15, 0.2) is 5.78 Å². The molecule has 0 aliphatic carbocycles. The highest BCUT2D eigenvalue weighted by Crippen LogP contribution is 2.24. The van der Waals surface area contributed by atoms with Gasteiger partial charge in [-0.05, 0) is 24.3 Å². The molecule has 0 atom stereocenters. The van der Waals surface area contributed by atoms with E-state index in [0.29, 0.717) is 16.8 Å². The Kier molecular flexibility index (Phi) is 4.16. The Balaban J connectivity index is 1.94. The van der Waals surface area contributed by atoms with Crippen molar-refractivity contribution in [1.82, 2.24) is 0 Å². The van der Waals surface area contributed by atoms with Gasteiger partial charge in [-0.15, -0.1) is 5.11 Å². The Morgan fingerprint density at radius 1 is 0.636 bits per heavy atom. The molecule has 3 rings (SSSR count). The van der Waals surface area contributed by atoms with Gasteiger partial charge >= 0.3 is 0 Å². The summed E-state index contributed by atoms with van der Waals surface area (Å²) in [5, 5.41) is 8.41. The Bertz CT molecular complexity index is 796. The highest BCUT2D eigenvalue weighted by atomic mass is 16.1. The lowest BCUT2D eigenvalue weighted by Gasteiger charge is -2.04. The fourth-order valence-corrected chi connectivity index (χ4v) is 2.10. The molecule has 0 spiro atoms. The number of hydrogen-bond acceptors (Lipinski definition) is 3. The van der Waals surface area contributed by atoms with Gasteiger partial charge in [-0.3, -0.25) is 4.79 Å². The topological polar surface area (TPSA) is 41.8 Å². The largest absolute Gasteiger partial charge is 0.289 e. The molecule has 0 bridgehead atoms. The van der Waals surface area contributed by atoms with E-state index in [2.05, 4.69) is 10.2 Å². The molecule has 106 valence electrons. The standard InChI is InChI=1S/C19H14N2O/c22-19(15-9-3-1-4-10-15)17-13-7-8-14-18(17)21-20-16-11-5-2-6-12-16/h1-14H. The Morgan fingerprint density at radius 2 is 1.23 bits per heavy atom. The number of hydrogen-bond donors (Lipinski definition) is 0. The summed E-state index contributed by atoms with van der Waals surface area (Å²) in [5.41, 5.74) is 2.52. The van der Waals surface area contributed by atoms with Crippen LogP contribution in [0, 0.1) is 0 Å². The van der Waals surface area contributed by atoms with Crippen LogP contribution in [0.4, 0.5) is 11.4 Å². The molecule has 0 radical (unpaired) electrons. The van der Waals surface area contributed by atoms with Gasteiger partial charge in [0.25, 0.3) is 0 Å². The minimum Gasteiger partial charge on any atom is -0.289 e. The summed E-state index contributed by atoms with van der Waals surface area (Å²) < 4.78 is 0. The van der Waals surface area contributed by atoms with Gasteiger partial charge in [0, 0.05) is 5.56 Å². The lowest BCUT2D eigenvalue weighted by atomic mass is 10.0. The number of azo groups is 1. The Morgan fingerprint density at radius 3 is 1.95 bits per heavy atom. The molecule has 3 nitrogen and oxygen atoms in total. The quantitative estimate of drug-likeness (QED) is 0.472. The van der Waals surface area contributed by atoms with Crippen molar-refractivity contribution in [3.8, 4) is 0 Å². The van der Waals surface area contributed by atoms with E-state index < -0.39 is 0 Å². The molecular weight excluding hydrogens is 272 g/mol. The molecule has 0 N–H and O–H groups in total. The fraction of sp³-hybridized carbons (Fsp3) is 0.